The van der Waals surface area contributed by atoms with Gasteiger partial charge in [-0.1, -0.05) is 12.1 Å². The van der Waals surface area contributed by atoms with E-state index in [4.69, 9.17) is 4.74 Å². The number of hydrogen-bond acceptors (Lipinski definition) is 3. The quantitative estimate of drug-likeness (QED) is 0.838. The summed E-state index contributed by atoms with van der Waals surface area (Å²) in [6.07, 6.45) is 4.28. The molecule has 1 aliphatic carbocycles. The Morgan fingerprint density at radius 1 is 1.25 bits per heavy atom. The summed E-state index contributed by atoms with van der Waals surface area (Å²) in [6, 6.07) is 7.81. The standard InChI is InChI=1S/C15H21NO3S/c17-20(18)9-2-1-8-16(20)11-14-4-3-5-15(10-14)19-12-13-6-7-13/h3-5,10,13H,1-2,6-9,11-12H2. The number of ether oxygens (including phenoxy) is 1. The normalized spacial score (nSPS) is 22.6. The second-order valence-corrected chi connectivity index (χ2v) is 7.85. The molecule has 5 heteroatoms. The van der Waals surface area contributed by atoms with E-state index in [1.807, 2.05) is 24.3 Å². The van der Waals surface area contributed by atoms with Crippen molar-refractivity contribution in [3.8, 4) is 5.75 Å². The highest BCUT2D eigenvalue weighted by Gasteiger charge is 2.26. The van der Waals surface area contributed by atoms with Crippen molar-refractivity contribution in [2.45, 2.75) is 32.2 Å². The third kappa shape index (κ3) is 3.52. The summed E-state index contributed by atoms with van der Waals surface area (Å²) in [5, 5.41) is 0. The van der Waals surface area contributed by atoms with Crippen molar-refractivity contribution >= 4 is 10.0 Å². The van der Waals surface area contributed by atoms with Crippen molar-refractivity contribution in [3.63, 3.8) is 0 Å². The molecule has 0 amide bonds. The van der Waals surface area contributed by atoms with E-state index in [2.05, 4.69) is 0 Å². The van der Waals surface area contributed by atoms with Crippen LogP contribution in [-0.4, -0.2) is 31.6 Å². The molecule has 1 heterocycles. The molecule has 0 aromatic heterocycles. The molecule has 0 atom stereocenters. The molecule has 4 nitrogen and oxygen atoms in total. The van der Waals surface area contributed by atoms with Gasteiger partial charge in [-0.3, -0.25) is 0 Å². The summed E-state index contributed by atoms with van der Waals surface area (Å²) < 4.78 is 31.3. The molecular formula is C15H21NO3S. The molecule has 1 saturated carbocycles. The van der Waals surface area contributed by atoms with Crippen LogP contribution in [0.1, 0.15) is 31.2 Å². The van der Waals surface area contributed by atoms with Crippen LogP contribution in [0.15, 0.2) is 24.3 Å². The van der Waals surface area contributed by atoms with Crippen LogP contribution in [-0.2, 0) is 16.6 Å². The van der Waals surface area contributed by atoms with Gasteiger partial charge in [0, 0.05) is 13.1 Å². The lowest BCUT2D eigenvalue weighted by molar-refractivity contribution is 0.299. The number of benzene rings is 1. The van der Waals surface area contributed by atoms with E-state index in [0.29, 0.717) is 13.1 Å². The van der Waals surface area contributed by atoms with E-state index < -0.39 is 10.0 Å². The summed E-state index contributed by atoms with van der Waals surface area (Å²) >= 11 is 0. The third-order valence-electron chi connectivity index (χ3n) is 3.89. The zero-order chi connectivity index (χ0) is 14.0. The Balaban J connectivity index is 1.65. The largest absolute Gasteiger partial charge is 0.493 e. The molecule has 2 fully saturated rings. The fourth-order valence-corrected chi connectivity index (χ4v) is 4.03. The number of sulfonamides is 1. The van der Waals surface area contributed by atoms with E-state index in [1.165, 1.54) is 12.8 Å². The summed E-state index contributed by atoms with van der Waals surface area (Å²) in [5.41, 5.74) is 1.00. The summed E-state index contributed by atoms with van der Waals surface area (Å²) in [5.74, 6) is 1.86. The van der Waals surface area contributed by atoms with Gasteiger partial charge in [0.15, 0.2) is 0 Å². The molecule has 0 radical (unpaired) electrons. The maximum atomic E-state index is 12.0. The first kappa shape index (κ1) is 13.9. The molecule has 0 N–H and O–H groups in total. The number of rotatable bonds is 5. The summed E-state index contributed by atoms with van der Waals surface area (Å²) in [7, 11) is -3.06. The topological polar surface area (TPSA) is 46.6 Å². The average Bonchev–Trinajstić information content (AvgIpc) is 3.24. The van der Waals surface area contributed by atoms with Crippen LogP contribution in [0.3, 0.4) is 0 Å². The van der Waals surface area contributed by atoms with E-state index in [-0.39, 0.29) is 5.75 Å². The fourth-order valence-electron chi connectivity index (χ4n) is 2.45. The average molecular weight is 295 g/mol. The van der Waals surface area contributed by atoms with Crippen LogP contribution < -0.4 is 4.74 Å². The monoisotopic (exact) mass is 295 g/mol. The van der Waals surface area contributed by atoms with Crippen LogP contribution in [0.4, 0.5) is 0 Å². The number of hydrogen-bond donors (Lipinski definition) is 0. The Kier molecular flexibility index (Phi) is 3.98. The predicted octanol–water partition coefficient (Wildman–Crippen LogP) is 2.40. The molecule has 1 aliphatic heterocycles. The van der Waals surface area contributed by atoms with Gasteiger partial charge in [0.2, 0.25) is 10.0 Å². The first-order chi connectivity index (χ1) is 9.63. The van der Waals surface area contributed by atoms with Crippen molar-refractivity contribution in [2.75, 3.05) is 18.9 Å². The first-order valence-electron chi connectivity index (χ1n) is 7.33. The molecule has 1 aromatic rings. The number of nitrogens with zero attached hydrogens (tertiary/aromatic N) is 1. The minimum Gasteiger partial charge on any atom is -0.493 e. The lowest BCUT2D eigenvalue weighted by atomic mass is 10.2. The zero-order valence-corrected chi connectivity index (χ0v) is 12.4. The highest BCUT2D eigenvalue weighted by atomic mass is 32.2. The third-order valence-corrected chi connectivity index (χ3v) is 5.80. The van der Waals surface area contributed by atoms with E-state index >= 15 is 0 Å². The van der Waals surface area contributed by atoms with E-state index in [0.717, 1.165) is 36.7 Å². The van der Waals surface area contributed by atoms with Crippen LogP contribution in [0.2, 0.25) is 0 Å². The van der Waals surface area contributed by atoms with Gasteiger partial charge in [-0.05, 0) is 49.3 Å². The molecule has 3 rings (SSSR count). The molecule has 110 valence electrons. The fraction of sp³-hybridized carbons (Fsp3) is 0.600. The maximum absolute atomic E-state index is 12.0. The van der Waals surface area contributed by atoms with Gasteiger partial charge < -0.3 is 4.74 Å². The van der Waals surface area contributed by atoms with Crippen molar-refractivity contribution in [3.05, 3.63) is 29.8 Å². The minimum absolute atomic E-state index is 0.283. The van der Waals surface area contributed by atoms with Crippen LogP contribution >= 0.6 is 0 Å². The van der Waals surface area contributed by atoms with Crippen molar-refractivity contribution in [1.29, 1.82) is 0 Å². The molecule has 0 bridgehead atoms. The SMILES string of the molecule is O=S1(=O)CCCCN1Cc1cccc(OCC2CC2)c1. The Hall–Kier alpha value is -1.07. The lowest BCUT2D eigenvalue weighted by Gasteiger charge is -2.26. The highest BCUT2D eigenvalue weighted by Crippen LogP contribution is 2.29. The smallest absolute Gasteiger partial charge is 0.214 e. The van der Waals surface area contributed by atoms with Gasteiger partial charge in [0.1, 0.15) is 5.75 Å². The van der Waals surface area contributed by atoms with Crippen molar-refractivity contribution in [1.82, 2.24) is 4.31 Å². The van der Waals surface area contributed by atoms with Gasteiger partial charge in [0.05, 0.1) is 12.4 Å². The van der Waals surface area contributed by atoms with Gasteiger partial charge in [-0.25, -0.2) is 8.42 Å². The molecule has 20 heavy (non-hydrogen) atoms. The van der Waals surface area contributed by atoms with Crippen LogP contribution in [0, 0.1) is 5.92 Å². The minimum atomic E-state index is -3.06. The molecule has 1 saturated heterocycles. The Labute approximate surface area is 120 Å². The van der Waals surface area contributed by atoms with Crippen LogP contribution in [0.5, 0.6) is 5.75 Å². The maximum Gasteiger partial charge on any atom is 0.214 e. The Bertz CT molecular complexity index is 566. The predicted molar refractivity (Wildman–Crippen MR) is 78.1 cm³/mol. The zero-order valence-electron chi connectivity index (χ0n) is 11.6. The van der Waals surface area contributed by atoms with Crippen molar-refractivity contribution < 1.29 is 13.2 Å². The second-order valence-electron chi connectivity index (χ2n) is 5.76. The van der Waals surface area contributed by atoms with Gasteiger partial charge in [-0.2, -0.15) is 4.31 Å². The molecule has 0 spiro atoms. The Morgan fingerprint density at radius 3 is 2.85 bits per heavy atom. The summed E-state index contributed by atoms with van der Waals surface area (Å²) in [4.78, 5) is 0. The lowest BCUT2D eigenvalue weighted by Crippen LogP contribution is -2.37. The Morgan fingerprint density at radius 2 is 2.10 bits per heavy atom. The molecular weight excluding hydrogens is 274 g/mol. The van der Waals surface area contributed by atoms with Crippen molar-refractivity contribution in [2.24, 2.45) is 5.92 Å². The molecule has 0 unspecified atom stereocenters. The van der Waals surface area contributed by atoms with Gasteiger partial charge in [-0.15, -0.1) is 0 Å². The van der Waals surface area contributed by atoms with Gasteiger partial charge >= 0.3 is 0 Å². The van der Waals surface area contributed by atoms with E-state index in [1.54, 1.807) is 4.31 Å². The molecule has 2 aliphatic rings. The molecule has 1 aromatic carbocycles. The van der Waals surface area contributed by atoms with E-state index in [9.17, 15) is 8.42 Å². The summed E-state index contributed by atoms with van der Waals surface area (Å²) in [6.45, 7) is 1.88. The first-order valence-corrected chi connectivity index (χ1v) is 8.94. The van der Waals surface area contributed by atoms with Crippen LogP contribution in [0.25, 0.3) is 0 Å². The van der Waals surface area contributed by atoms with Gasteiger partial charge in [0.25, 0.3) is 0 Å². The highest BCUT2D eigenvalue weighted by molar-refractivity contribution is 7.89. The second kappa shape index (κ2) is 5.74.